The Hall–Kier alpha value is -2.94. The molecule has 0 aliphatic carbocycles. The van der Waals surface area contributed by atoms with Gasteiger partial charge in [-0.1, -0.05) is 0 Å². The van der Waals surface area contributed by atoms with Crippen LogP contribution in [0.25, 0.3) is 0 Å². The van der Waals surface area contributed by atoms with Gasteiger partial charge in [0.15, 0.2) is 5.82 Å². The predicted octanol–water partition coefficient (Wildman–Crippen LogP) is 4.10. The number of nitrogens with zero attached hydrogens (tertiary/aromatic N) is 4. The lowest BCUT2D eigenvalue weighted by Crippen LogP contribution is -2.53. The molecule has 36 heavy (non-hydrogen) atoms. The first kappa shape index (κ1) is 26.1. The first-order valence-electron chi connectivity index (χ1n) is 10.9. The Morgan fingerprint density at radius 1 is 1.31 bits per heavy atom. The summed E-state index contributed by atoms with van der Waals surface area (Å²) in [4.78, 5) is 27.3. The second kappa shape index (κ2) is 11.0. The highest BCUT2D eigenvalue weighted by molar-refractivity contribution is 14.1. The second-order valence-electron chi connectivity index (χ2n) is 8.12. The van der Waals surface area contributed by atoms with Crippen LogP contribution in [0.1, 0.15) is 13.3 Å². The van der Waals surface area contributed by atoms with Crippen molar-refractivity contribution >= 4 is 43.0 Å². The van der Waals surface area contributed by atoms with Crippen molar-refractivity contribution in [3.05, 3.63) is 53.9 Å². The van der Waals surface area contributed by atoms with Gasteiger partial charge >= 0.3 is 0 Å². The molecule has 2 atom stereocenters. The zero-order valence-electron chi connectivity index (χ0n) is 19.3. The molecule has 1 amide bonds. The van der Waals surface area contributed by atoms with Gasteiger partial charge in [-0.15, -0.1) is 0 Å². The van der Waals surface area contributed by atoms with Gasteiger partial charge in [-0.25, -0.2) is 27.5 Å². The van der Waals surface area contributed by atoms with Gasteiger partial charge in [0.2, 0.25) is 12.1 Å². The molecule has 2 aromatic rings. The van der Waals surface area contributed by atoms with Crippen LogP contribution in [-0.4, -0.2) is 66.1 Å². The number of carbonyl (C=O) groups excluding carboxylic acids is 1. The van der Waals surface area contributed by atoms with Crippen LogP contribution in [0.5, 0.6) is 11.6 Å². The quantitative estimate of drug-likeness (QED) is 0.286. The lowest BCUT2D eigenvalue weighted by Gasteiger charge is -2.41. The Labute approximate surface area is 214 Å². The van der Waals surface area contributed by atoms with E-state index in [0.717, 1.165) is 6.20 Å². The van der Waals surface area contributed by atoms with Crippen LogP contribution in [-0.2, 0) is 9.63 Å². The summed E-state index contributed by atoms with van der Waals surface area (Å²) in [5.41, 5.74) is 0.558. The van der Waals surface area contributed by atoms with Crippen LogP contribution in [0.2, 0.25) is 0 Å². The number of nitrogens with one attached hydrogen (secondary N) is 1. The van der Waals surface area contributed by atoms with E-state index in [0.29, 0.717) is 11.6 Å². The number of rotatable bonds is 7. The molecule has 8 nitrogen and oxygen atoms in total. The molecule has 2 aliphatic rings. The Morgan fingerprint density at radius 3 is 2.75 bits per heavy atom. The van der Waals surface area contributed by atoms with E-state index in [1.54, 1.807) is 27.1 Å². The molecular formula is C23H23F4IN5O3+. The van der Waals surface area contributed by atoms with Gasteiger partial charge in [0.25, 0.3) is 32.8 Å². The van der Waals surface area contributed by atoms with E-state index >= 15 is 0 Å². The molecule has 4 rings (SSSR count). The Morgan fingerprint density at radius 2 is 2.11 bits per heavy atom. The van der Waals surface area contributed by atoms with Crippen molar-refractivity contribution in [3.8, 4) is 11.6 Å². The van der Waals surface area contributed by atoms with Crippen LogP contribution in [0, 0.1) is 17.6 Å². The summed E-state index contributed by atoms with van der Waals surface area (Å²) in [6.45, 7) is 1.76. The zero-order chi connectivity index (χ0) is 25.9. The average Bonchev–Trinajstić information content (AvgIpc) is 2.86. The number of hydrogen-bond acceptors (Lipinski definition) is 6. The molecule has 0 aromatic carbocycles. The van der Waals surface area contributed by atoms with Crippen molar-refractivity contribution in [1.29, 1.82) is 0 Å². The fourth-order valence-electron chi connectivity index (χ4n) is 3.74. The average molecular weight is 620 g/mol. The Balaban J connectivity index is 1.38. The number of hydrogen-bond donors (Lipinski definition) is 1. The lowest BCUT2D eigenvalue weighted by molar-refractivity contribution is -0.614. The number of piperidine rings is 1. The fraction of sp³-hybridized carbons (Fsp3) is 0.348. The Bertz CT molecular complexity index is 1220. The van der Waals surface area contributed by atoms with Crippen molar-refractivity contribution in [3.63, 3.8) is 0 Å². The van der Waals surface area contributed by atoms with Crippen LogP contribution in [0.4, 0.5) is 23.4 Å². The van der Waals surface area contributed by atoms with Crippen LogP contribution in [0.3, 0.4) is 0 Å². The van der Waals surface area contributed by atoms with Gasteiger partial charge in [0, 0.05) is 38.6 Å². The maximum Gasteiger partial charge on any atom is 0.293 e. The summed E-state index contributed by atoms with van der Waals surface area (Å²) in [6.07, 6.45) is 5.01. The second-order valence-corrected chi connectivity index (χ2v) is 10.3. The zero-order valence-corrected chi connectivity index (χ0v) is 21.5. The van der Waals surface area contributed by atoms with Gasteiger partial charge in [-0.2, -0.15) is 0 Å². The van der Waals surface area contributed by atoms with Gasteiger partial charge in [0.05, 0.1) is 24.4 Å². The third kappa shape index (κ3) is 6.06. The molecule has 0 saturated carbocycles. The minimum absolute atomic E-state index is 0.0327. The predicted molar refractivity (Wildman–Crippen MR) is 133 cm³/mol. The molecule has 2 aromatic heterocycles. The summed E-state index contributed by atoms with van der Waals surface area (Å²) < 4.78 is 64.9. The monoisotopic (exact) mass is 620 g/mol. The number of likely N-dealkylation sites (tertiary alicyclic amines) is 1. The van der Waals surface area contributed by atoms with Crippen molar-refractivity contribution in [1.82, 2.24) is 14.9 Å². The number of alkyl halides is 2. The minimum atomic E-state index is -2.88. The highest BCUT2D eigenvalue weighted by Gasteiger charge is 2.47. The fourth-order valence-corrected chi connectivity index (χ4v) is 5.55. The summed E-state index contributed by atoms with van der Waals surface area (Å²) in [6, 6.07) is 2.84. The SMILES string of the molecule is CO[N+]1=CC=C([C@H]2CN([C@@H](C)C(=O)Nc3ccc(Oc4ncc(F)cc4F)cn3)CCC2(F)F)C=I1. The maximum atomic E-state index is 14.8. The van der Waals surface area contributed by atoms with E-state index in [2.05, 4.69) is 15.3 Å². The van der Waals surface area contributed by atoms with E-state index in [4.69, 9.17) is 9.57 Å². The molecule has 13 heteroatoms. The molecule has 0 bridgehead atoms. The molecular weight excluding hydrogens is 597 g/mol. The third-order valence-corrected chi connectivity index (χ3v) is 8.06. The van der Waals surface area contributed by atoms with Gasteiger partial charge < -0.3 is 10.1 Å². The standard InChI is InChI=1S/C23H22F4IN5O3/c1-14(32-8-6-23(26,27)18(13-32)15-5-7-33(35-2)28-10-15)21(34)31-20-4-3-17(12-29-20)36-22-19(25)9-16(24)11-30-22/h3-5,7,9-12,14,18H,6,8,13H2,1-2H3/p+1/t14-,18+/m0/s1. The number of allylic oxidation sites excluding steroid dienone is 1. The number of ether oxygens (including phenoxy) is 1. The summed E-state index contributed by atoms with van der Waals surface area (Å²) >= 11 is -0.690. The molecule has 1 saturated heterocycles. The van der Waals surface area contributed by atoms with Gasteiger partial charge in [-0.05, 0) is 24.6 Å². The summed E-state index contributed by atoms with van der Waals surface area (Å²) in [5.74, 6) is -6.19. The number of anilines is 1. The van der Waals surface area contributed by atoms with Gasteiger partial charge in [-0.3, -0.25) is 14.5 Å². The Kier molecular flexibility index (Phi) is 7.97. The lowest BCUT2D eigenvalue weighted by atomic mass is 9.86. The van der Waals surface area contributed by atoms with E-state index in [1.165, 1.54) is 25.4 Å². The van der Waals surface area contributed by atoms with Crippen molar-refractivity contribution < 1.29 is 34.9 Å². The summed E-state index contributed by atoms with van der Waals surface area (Å²) in [5, 5.41) is 2.66. The first-order chi connectivity index (χ1) is 17.2. The van der Waals surface area contributed by atoms with Crippen molar-refractivity contribution in [2.75, 3.05) is 25.5 Å². The number of carbonyl (C=O) groups is 1. The number of amides is 1. The molecule has 0 radical (unpaired) electrons. The molecule has 4 heterocycles. The molecule has 1 fully saturated rings. The van der Waals surface area contributed by atoms with E-state index in [1.807, 2.05) is 4.01 Å². The minimum Gasteiger partial charge on any atom is -0.435 e. The molecule has 0 spiro atoms. The topological polar surface area (TPSA) is 79.6 Å². The number of pyridine rings is 2. The van der Waals surface area contributed by atoms with Crippen molar-refractivity contribution in [2.24, 2.45) is 5.92 Å². The largest absolute Gasteiger partial charge is 0.435 e. The molecule has 0 unspecified atom stereocenters. The number of halogens is 5. The van der Waals surface area contributed by atoms with Crippen LogP contribution < -0.4 is 10.1 Å². The molecule has 2 aliphatic heterocycles. The molecule has 192 valence electrons. The highest BCUT2D eigenvalue weighted by atomic mass is 127. The molecule has 1 N–H and O–H groups in total. The van der Waals surface area contributed by atoms with Crippen LogP contribution in [0.15, 0.2) is 42.2 Å². The van der Waals surface area contributed by atoms with Gasteiger partial charge in [0.1, 0.15) is 24.5 Å². The number of aromatic nitrogens is 2. The van der Waals surface area contributed by atoms with Crippen molar-refractivity contribution in [2.45, 2.75) is 25.3 Å². The van der Waals surface area contributed by atoms with E-state index in [9.17, 15) is 22.4 Å². The van der Waals surface area contributed by atoms with E-state index in [-0.39, 0.29) is 31.1 Å². The third-order valence-electron chi connectivity index (χ3n) is 5.79. The van der Waals surface area contributed by atoms with E-state index < -0.39 is 62.3 Å². The van der Waals surface area contributed by atoms with Crippen LogP contribution >= 0.6 is 21.0 Å². The first-order valence-corrected chi connectivity index (χ1v) is 13.1. The highest BCUT2D eigenvalue weighted by Crippen LogP contribution is 2.39. The normalized spacial score (nSPS) is 20.4. The summed E-state index contributed by atoms with van der Waals surface area (Å²) in [7, 11) is 1.53. The maximum absolute atomic E-state index is 14.8. The smallest absolute Gasteiger partial charge is 0.293 e.